The maximum Gasteiger partial charge on any atom is 0.0882 e. The molecule has 0 radical (unpaired) electrons. The molecule has 1 N–H and O–H groups in total. The van der Waals surface area contributed by atoms with E-state index >= 15 is 0 Å². The van der Waals surface area contributed by atoms with Crippen molar-refractivity contribution in [1.82, 2.24) is 9.88 Å². The van der Waals surface area contributed by atoms with Crippen LogP contribution in [-0.2, 0) is 11.2 Å². The van der Waals surface area contributed by atoms with E-state index in [2.05, 4.69) is 54.5 Å². The van der Waals surface area contributed by atoms with E-state index in [0.717, 1.165) is 26.0 Å². The monoisotopic (exact) mass is 270 g/mol. The lowest BCUT2D eigenvalue weighted by Gasteiger charge is -2.17. The minimum Gasteiger partial charge on any atom is -0.501 e. The van der Waals surface area contributed by atoms with Gasteiger partial charge in [-0.2, -0.15) is 0 Å². The van der Waals surface area contributed by atoms with E-state index in [9.17, 15) is 0 Å². The topological polar surface area (TPSA) is 28.3 Å². The largest absolute Gasteiger partial charge is 0.501 e. The van der Waals surface area contributed by atoms with Crippen LogP contribution in [0, 0.1) is 0 Å². The summed E-state index contributed by atoms with van der Waals surface area (Å²) < 4.78 is 5.29. The zero-order valence-corrected chi connectivity index (χ0v) is 12.2. The standard InChI is InChI=1S/C17H22N2O/c1-19(2)8-5-15-12-18-17-4-3-14(11-16(15)17)13-6-9-20-10-7-13/h3-4,6,9,11-13,18H,5,7-8,10H2,1-2H3. The zero-order chi connectivity index (χ0) is 13.9. The Hall–Kier alpha value is -1.74. The predicted molar refractivity (Wildman–Crippen MR) is 83.0 cm³/mol. The molecule has 3 nitrogen and oxygen atoms in total. The average Bonchev–Trinajstić information content (AvgIpc) is 2.88. The lowest BCUT2D eigenvalue weighted by Crippen LogP contribution is -2.14. The summed E-state index contributed by atoms with van der Waals surface area (Å²) in [4.78, 5) is 5.61. The quantitative estimate of drug-likeness (QED) is 0.923. The predicted octanol–water partition coefficient (Wildman–Crippen LogP) is 3.29. The van der Waals surface area contributed by atoms with Crippen molar-refractivity contribution in [2.45, 2.75) is 18.8 Å². The molecule has 1 atom stereocenters. The first-order valence-corrected chi connectivity index (χ1v) is 7.27. The first-order valence-electron chi connectivity index (χ1n) is 7.27. The highest BCUT2D eigenvalue weighted by molar-refractivity contribution is 5.84. The molecule has 0 fully saturated rings. The van der Waals surface area contributed by atoms with Crippen LogP contribution < -0.4 is 0 Å². The fraction of sp³-hybridized carbons (Fsp3) is 0.412. The number of aromatic nitrogens is 1. The smallest absolute Gasteiger partial charge is 0.0882 e. The van der Waals surface area contributed by atoms with Crippen molar-refractivity contribution < 1.29 is 4.74 Å². The van der Waals surface area contributed by atoms with Crippen LogP contribution >= 0.6 is 0 Å². The number of likely N-dealkylation sites (N-methyl/N-ethyl adjacent to an activating group) is 1. The molecule has 106 valence electrons. The Bertz CT molecular complexity index is 612. The molecule has 0 aliphatic carbocycles. The van der Waals surface area contributed by atoms with E-state index in [-0.39, 0.29) is 0 Å². The van der Waals surface area contributed by atoms with Gasteiger partial charge in [-0.15, -0.1) is 0 Å². The third kappa shape index (κ3) is 2.73. The van der Waals surface area contributed by atoms with Crippen molar-refractivity contribution in [1.29, 1.82) is 0 Å². The van der Waals surface area contributed by atoms with Gasteiger partial charge in [0.15, 0.2) is 0 Å². The fourth-order valence-electron chi connectivity index (χ4n) is 2.77. The Balaban J connectivity index is 1.90. The molecule has 1 aliphatic rings. The van der Waals surface area contributed by atoms with Gasteiger partial charge in [-0.05, 0) is 56.3 Å². The molecule has 3 heteroatoms. The summed E-state index contributed by atoms with van der Waals surface area (Å²) >= 11 is 0. The van der Waals surface area contributed by atoms with Gasteiger partial charge in [0.1, 0.15) is 0 Å². The minimum atomic E-state index is 0.491. The van der Waals surface area contributed by atoms with E-state index in [1.54, 1.807) is 0 Å². The number of aromatic amines is 1. The fourth-order valence-corrected chi connectivity index (χ4v) is 2.77. The second-order valence-corrected chi connectivity index (χ2v) is 5.77. The molecule has 20 heavy (non-hydrogen) atoms. The highest BCUT2D eigenvalue weighted by Crippen LogP contribution is 2.28. The van der Waals surface area contributed by atoms with Gasteiger partial charge in [-0.25, -0.2) is 0 Å². The molecule has 0 bridgehead atoms. The molecule has 0 spiro atoms. The van der Waals surface area contributed by atoms with Crippen LogP contribution in [0.25, 0.3) is 10.9 Å². The lowest BCUT2D eigenvalue weighted by molar-refractivity contribution is 0.223. The Morgan fingerprint density at radius 2 is 2.25 bits per heavy atom. The molecule has 0 amide bonds. The van der Waals surface area contributed by atoms with E-state index in [0.29, 0.717) is 5.92 Å². The lowest BCUT2D eigenvalue weighted by atomic mass is 9.93. The summed E-state index contributed by atoms with van der Waals surface area (Å²) in [6.07, 6.45) is 8.30. The van der Waals surface area contributed by atoms with Gasteiger partial charge in [0.25, 0.3) is 0 Å². The molecule has 2 aromatic rings. The number of fused-ring (bicyclic) bond motifs is 1. The molecule has 0 saturated carbocycles. The molecule has 1 aliphatic heterocycles. The van der Waals surface area contributed by atoms with Gasteiger partial charge in [0, 0.05) is 29.6 Å². The second-order valence-electron chi connectivity index (χ2n) is 5.77. The van der Waals surface area contributed by atoms with Gasteiger partial charge in [-0.3, -0.25) is 0 Å². The van der Waals surface area contributed by atoms with E-state index in [1.165, 1.54) is 22.0 Å². The van der Waals surface area contributed by atoms with Gasteiger partial charge >= 0.3 is 0 Å². The van der Waals surface area contributed by atoms with Crippen molar-refractivity contribution in [2.75, 3.05) is 27.2 Å². The molecule has 2 heterocycles. The number of benzene rings is 1. The maximum atomic E-state index is 5.29. The number of nitrogens with zero attached hydrogens (tertiary/aromatic N) is 1. The molecule has 3 rings (SSSR count). The number of hydrogen-bond donors (Lipinski definition) is 1. The number of rotatable bonds is 4. The molecular formula is C17H22N2O. The molecular weight excluding hydrogens is 248 g/mol. The first kappa shape index (κ1) is 13.3. The summed E-state index contributed by atoms with van der Waals surface area (Å²) in [5, 5.41) is 1.37. The van der Waals surface area contributed by atoms with Gasteiger partial charge < -0.3 is 14.6 Å². The SMILES string of the molecule is CN(C)CCc1c[nH]c2ccc(C3C=COCC3)cc12. The van der Waals surface area contributed by atoms with Crippen molar-refractivity contribution in [3.8, 4) is 0 Å². The number of allylic oxidation sites excluding steroid dienone is 1. The number of hydrogen-bond acceptors (Lipinski definition) is 2. The molecule has 1 unspecified atom stereocenters. The van der Waals surface area contributed by atoms with Crippen molar-refractivity contribution in [3.63, 3.8) is 0 Å². The highest BCUT2D eigenvalue weighted by atomic mass is 16.5. The Kier molecular flexibility index (Phi) is 3.79. The summed E-state index contributed by atoms with van der Waals surface area (Å²) in [6, 6.07) is 6.78. The highest BCUT2D eigenvalue weighted by Gasteiger charge is 2.13. The third-order valence-electron chi connectivity index (χ3n) is 4.00. The van der Waals surface area contributed by atoms with Crippen LogP contribution in [0.1, 0.15) is 23.5 Å². The molecule has 1 aromatic heterocycles. The van der Waals surface area contributed by atoms with Crippen molar-refractivity contribution >= 4 is 10.9 Å². The Morgan fingerprint density at radius 3 is 3.00 bits per heavy atom. The van der Waals surface area contributed by atoms with Crippen molar-refractivity contribution in [2.24, 2.45) is 0 Å². The van der Waals surface area contributed by atoms with Gasteiger partial charge in [0.2, 0.25) is 0 Å². The number of H-pyrrole nitrogens is 1. The summed E-state index contributed by atoms with van der Waals surface area (Å²) in [5.41, 5.74) is 4.04. The zero-order valence-electron chi connectivity index (χ0n) is 12.2. The van der Waals surface area contributed by atoms with Crippen LogP contribution in [0.2, 0.25) is 0 Å². The minimum absolute atomic E-state index is 0.491. The van der Waals surface area contributed by atoms with E-state index < -0.39 is 0 Å². The molecule has 0 saturated heterocycles. The normalized spacial score (nSPS) is 18.6. The van der Waals surface area contributed by atoms with E-state index in [1.807, 2.05) is 6.26 Å². The van der Waals surface area contributed by atoms with Crippen LogP contribution in [0.15, 0.2) is 36.7 Å². The second kappa shape index (κ2) is 5.71. The van der Waals surface area contributed by atoms with Gasteiger partial charge in [0.05, 0.1) is 12.9 Å². The Morgan fingerprint density at radius 1 is 1.35 bits per heavy atom. The average molecular weight is 270 g/mol. The molecule has 1 aromatic carbocycles. The van der Waals surface area contributed by atoms with Crippen LogP contribution in [0.3, 0.4) is 0 Å². The van der Waals surface area contributed by atoms with Gasteiger partial charge in [-0.1, -0.05) is 6.07 Å². The number of ether oxygens (including phenoxy) is 1. The number of nitrogens with one attached hydrogen (secondary N) is 1. The summed E-state index contributed by atoms with van der Waals surface area (Å²) in [7, 11) is 4.24. The Labute approximate surface area is 120 Å². The maximum absolute atomic E-state index is 5.29. The van der Waals surface area contributed by atoms with E-state index in [4.69, 9.17) is 4.74 Å². The van der Waals surface area contributed by atoms with Crippen molar-refractivity contribution in [3.05, 3.63) is 47.9 Å². The van der Waals surface area contributed by atoms with Crippen LogP contribution in [-0.4, -0.2) is 37.1 Å². The van der Waals surface area contributed by atoms with Crippen LogP contribution in [0.4, 0.5) is 0 Å². The summed E-state index contributed by atoms with van der Waals surface area (Å²) in [5.74, 6) is 0.491. The summed E-state index contributed by atoms with van der Waals surface area (Å²) in [6.45, 7) is 1.90. The first-order chi connectivity index (χ1) is 9.74. The van der Waals surface area contributed by atoms with Crippen LogP contribution in [0.5, 0.6) is 0 Å². The third-order valence-corrected chi connectivity index (χ3v) is 4.00.